The molecule has 0 aromatic heterocycles. The summed E-state index contributed by atoms with van der Waals surface area (Å²) in [5.41, 5.74) is 3.90. The van der Waals surface area contributed by atoms with Crippen LogP contribution in [0.2, 0.25) is 0 Å². The Morgan fingerprint density at radius 1 is 0.923 bits per heavy atom. The molecule has 0 aliphatic carbocycles. The molecule has 1 heterocycles. The first-order valence-corrected chi connectivity index (χ1v) is 13.3. The normalized spacial score (nSPS) is 17.1. The predicted molar refractivity (Wildman–Crippen MR) is 157 cm³/mol. The number of Topliss-reactive ketones (excluding diaryl/α,β-unsaturated/α-hetero) is 1. The number of hydrogen-bond acceptors (Lipinski definition) is 5. The molecule has 1 aliphatic rings. The number of benzene rings is 3. The zero-order valence-electron chi connectivity index (χ0n) is 23.9. The highest BCUT2D eigenvalue weighted by atomic mass is 16.5. The zero-order valence-corrected chi connectivity index (χ0v) is 23.9. The average Bonchev–Trinajstić information content (AvgIpc) is 3.17. The molecule has 1 aliphatic heterocycles. The second-order valence-electron chi connectivity index (χ2n) is 11.7. The molecule has 0 saturated carbocycles. The zero-order chi connectivity index (χ0) is 28.5. The van der Waals surface area contributed by atoms with Gasteiger partial charge < -0.3 is 14.7 Å². The number of carbonyl (C=O) groups excluding carboxylic acids is 2. The third kappa shape index (κ3) is 5.85. The molecule has 204 valence electrons. The number of aliphatic hydroxyl groups excluding tert-OH is 1. The van der Waals surface area contributed by atoms with Gasteiger partial charge in [0.1, 0.15) is 11.5 Å². The lowest BCUT2D eigenvalue weighted by atomic mass is 9.85. The minimum Gasteiger partial charge on any atom is -0.507 e. The molecule has 0 bridgehead atoms. The fraction of sp³-hybridized carbons (Fsp3) is 0.333. The van der Waals surface area contributed by atoms with E-state index in [0.717, 1.165) is 16.8 Å². The van der Waals surface area contributed by atoms with E-state index >= 15 is 0 Å². The van der Waals surface area contributed by atoms with E-state index in [-0.39, 0.29) is 16.7 Å². The van der Waals surface area contributed by atoms with Crippen LogP contribution in [0.3, 0.4) is 0 Å². The Bertz CT molecular complexity index is 1360. The van der Waals surface area contributed by atoms with Crippen molar-refractivity contribution in [2.45, 2.75) is 46.1 Å². The molecule has 0 spiro atoms. The molecule has 0 radical (unpaired) electrons. The molecular weight excluding hydrogens is 488 g/mol. The highest BCUT2D eigenvalue weighted by molar-refractivity contribution is 6.51. The van der Waals surface area contributed by atoms with Crippen molar-refractivity contribution in [3.8, 4) is 5.75 Å². The summed E-state index contributed by atoms with van der Waals surface area (Å²) < 4.78 is 5.77. The molecule has 1 atom stereocenters. The number of anilines is 2. The molecule has 3 aromatic carbocycles. The third-order valence-corrected chi connectivity index (χ3v) is 6.89. The second kappa shape index (κ2) is 11.0. The Balaban J connectivity index is 1.82. The van der Waals surface area contributed by atoms with E-state index in [2.05, 4.69) is 34.6 Å². The molecular formula is C33H38N2O4. The van der Waals surface area contributed by atoms with Crippen LogP contribution in [0.5, 0.6) is 5.75 Å². The molecule has 1 amide bonds. The smallest absolute Gasteiger partial charge is 0.300 e. The van der Waals surface area contributed by atoms with E-state index in [1.165, 1.54) is 4.90 Å². The number of carbonyl (C=O) groups is 2. The van der Waals surface area contributed by atoms with Crippen molar-refractivity contribution < 1.29 is 19.4 Å². The first kappa shape index (κ1) is 28.0. The van der Waals surface area contributed by atoms with Crippen LogP contribution < -0.4 is 14.5 Å². The predicted octanol–water partition coefficient (Wildman–Crippen LogP) is 6.71. The number of aliphatic hydroxyl groups is 1. The molecule has 1 fully saturated rings. The maximum absolute atomic E-state index is 13.5. The lowest BCUT2D eigenvalue weighted by Gasteiger charge is -2.27. The summed E-state index contributed by atoms with van der Waals surface area (Å²) in [6.07, 6.45) is 0. The third-order valence-electron chi connectivity index (χ3n) is 6.89. The summed E-state index contributed by atoms with van der Waals surface area (Å²) in [5.74, 6) is -0.534. The van der Waals surface area contributed by atoms with Crippen LogP contribution in [0, 0.1) is 5.92 Å². The quantitative estimate of drug-likeness (QED) is 0.210. The topological polar surface area (TPSA) is 70.1 Å². The summed E-state index contributed by atoms with van der Waals surface area (Å²) in [7, 11) is 3.88. The van der Waals surface area contributed by atoms with E-state index in [1.807, 2.05) is 67.5 Å². The Labute approximate surface area is 231 Å². The van der Waals surface area contributed by atoms with Gasteiger partial charge in [0.2, 0.25) is 0 Å². The number of ether oxygens (including phenoxy) is 1. The van der Waals surface area contributed by atoms with Crippen molar-refractivity contribution >= 4 is 28.8 Å². The molecule has 1 saturated heterocycles. The van der Waals surface area contributed by atoms with Crippen LogP contribution in [0.4, 0.5) is 11.4 Å². The summed E-state index contributed by atoms with van der Waals surface area (Å²) >= 11 is 0. The van der Waals surface area contributed by atoms with E-state index in [0.29, 0.717) is 29.5 Å². The van der Waals surface area contributed by atoms with Crippen molar-refractivity contribution in [2.75, 3.05) is 30.5 Å². The largest absolute Gasteiger partial charge is 0.507 e. The van der Waals surface area contributed by atoms with Gasteiger partial charge in [-0.05, 0) is 71.0 Å². The Morgan fingerprint density at radius 2 is 1.51 bits per heavy atom. The van der Waals surface area contributed by atoms with Gasteiger partial charge in [-0.15, -0.1) is 0 Å². The van der Waals surface area contributed by atoms with Crippen LogP contribution in [0.1, 0.15) is 57.4 Å². The monoisotopic (exact) mass is 526 g/mol. The Kier molecular flexibility index (Phi) is 7.86. The number of rotatable bonds is 7. The second-order valence-corrected chi connectivity index (χ2v) is 11.7. The Morgan fingerprint density at radius 3 is 2.03 bits per heavy atom. The lowest BCUT2D eigenvalue weighted by Crippen LogP contribution is -2.29. The van der Waals surface area contributed by atoms with Gasteiger partial charge in [0.15, 0.2) is 0 Å². The molecule has 4 rings (SSSR count). The van der Waals surface area contributed by atoms with Gasteiger partial charge in [-0.2, -0.15) is 0 Å². The van der Waals surface area contributed by atoms with Gasteiger partial charge in [0, 0.05) is 31.0 Å². The van der Waals surface area contributed by atoms with E-state index in [1.54, 1.807) is 24.3 Å². The molecule has 6 nitrogen and oxygen atoms in total. The lowest BCUT2D eigenvalue weighted by molar-refractivity contribution is -0.132. The minimum absolute atomic E-state index is 0.0538. The van der Waals surface area contributed by atoms with Crippen molar-refractivity contribution in [1.82, 2.24) is 0 Å². The SMILES string of the molecule is CC(C)COc1ccc(/C(O)=C2/C(=O)C(=O)N(c3ccc(N(C)C)cc3)C2c2ccc(C(C)(C)C)cc2)cc1. The summed E-state index contributed by atoms with van der Waals surface area (Å²) in [4.78, 5) is 30.4. The number of hydrogen-bond donors (Lipinski definition) is 1. The van der Waals surface area contributed by atoms with Crippen molar-refractivity contribution in [3.63, 3.8) is 0 Å². The Hall–Kier alpha value is -4.06. The molecule has 6 heteroatoms. The molecule has 3 aromatic rings. The van der Waals surface area contributed by atoms with Crippen LogP contribution in [-0.4, -0.2) is 37.5 Å². The van der Waals surface area contributed by atoms with Gasteiger partial charge >= 0.3 is 0 Å². The van der Waals surface area contributed by atoms with E-state index in [4.69, 9.17) is 4.74 Å². The highest BCUT2D eigenvalue weighted by Gasteiger charge is 2.47. The standard InChI is InChI=1S/C33H38N2O4/c1-21(2)20-39-27-18-10-23(11-19-27)30(36)28-29(22-8-12-24(13-9-22)33(3,4)5)35(32(38)31(28)37)26-16-14-25(15-17-26)34(6)7/h8-19,21,29,36H,20H2,1-7H3/b30-28-. The molecule has 1 N–H and O–H groups in total. The van der Waals surface area contributed by atoms with Crippen LogP contribution in [0.15, 0.2) is 78.4 Å². The van der Waals surface area contributed by atoms with Crippen molar-refractivity contribution in [1.29, 1.82) is 0 Å². The number of amides is 1. The maximum Gasteiger partial charge on any atom is 0.300 e. The fourth-order valence-electron chi connectivity index (χ4n) is 4.62. The first-order valence-electron chi connectivity index (χ1n) is 13.3. The first-order chi connectivity index (χ1) is 18.4. The summed E-state index contributed by atoms with van der Waals surface area (Å²) in [6.45, 7) is 11.1. The highest BCUT2D eigenvalue weighted by Crippen LogP contribution is 2.43. The van der Waals surface area contributed by atoms with Crippen LogP contribution >= 0.6 is 0 Å². The molecule has 39 heavy (non-hydrogen) atoms. The van der Waals surface area contributed by atoms with Crippen LogP contribution in [0.25, 0.3) is 5.76 Å². The molecule has 1 unspecified atom stereocenters. The van der Waals surface area contributed by atoms with Gasteiger partial charge in [0.05, 0.1) is 18.2 Å². The van der Waals surface area contributed by atoms with Crippen molar-refractivity contribution in [2.24, 2.45) is 5.92 Å². The van der Waals surface area contributed by atoms with E-state index < -0.39 is 17.7 Å². The summed E-state index contributed by atoms with van der Waals surface area (Å²) in [5, 5.41) is 11.4. The van der Waals surface area contributed by atoms with Gasteiger partial charge in [-0.25, -0.2) is 0 Å². The maximum atomic E-state index is 13.5. The number of nitrogens with zero attached hydrogens (tertiary/aromatic N) is 2. The average molecular weight is 527 g/mol. The van der Waals surface area contributed by atoms with Crippen LogP contribution in [-0.2, 0) is 15.0 Å². The minimum atomic E-state index is -0.777. The van der Waals surface area contributed by atoms with Gasteiger partial charge in [-0.3, -0.25) is 14.5 Å². The van der Waals surface area contributed by atoms with Gasteiger partial charge in [0.25, 0.3) is 11.7 Å². The van der Waals surface area contributed by atoms with Crippen molar-refractivity contribution in [3.05, 3.63) is 95.1 Å². The number of ketones is 1. The van der Waals surface area contributed by atoms with E-state index in [9.17, 15) is 14.7 Å². The summed E-state index contributed by atoms with van der Waals surface area (Å²) in [6, 6.07) is 21.6. The van der Waals surface area contributed by atoms with Gasteiger partial charge in [-0.1, -0.05) is 58.9 Å². The fourth-order valence-corrected chi connectivity index (χ4v) is 4.62.